The van der Waals surface area contributed by atoms with Crippen molar-refractivity contribution in [3.8, 4) is 11.4 Å². The van der Waals surface area contributed by atoms with Gasteiger partial charge in [0.2, 0.25) is 0 Å². The van der Waals surface area contributed by atoms with Gasteiger partial charge in [0, 0.05) is 31.0 Å². The fraction of sp³-hybridized carbons (Fsp3) is 0.500. The lowest BCUT2D eigenvalue weighted by Crippen LogP contribution is -2.07. The van der Waals surface area contributed by atoms with Crippen LogP contribution in [0, 0.1) is 5.92 Å². The van der Waals surface area contributed by atoms with Gasteiger partial charge in [0.15, 0.2) is 5.82 Å². The van der Waals surface area contributed by atoms with E-state index in [-0.39, 0.29) is 0 Å². The van der Waals surface area contributed by atoms with Crippen molar-refractivity contribution >= 4 is 21.6 Å². The molecule has 2 N–H and O–H groups in total. The van der Waals surface area contributed by atoms with Gasteiger partial charge in [-0.05, 0) is 63.7 Å². The smallest absolute Gasteiger partial charge is 0.183 e. The predicted molar refractivity (Wildman–Crippen MR) is 83.5 cm³/mol. The van der Waals surface area contributed by atoms with E-state index < -0.39 is 0 Å². The van der Waals surface area contributed by atoms with Gasteiger partial charge in [0.1, 0.15) is 0 Å². The fourth-order valence-electron chi connectivity index (χ4n) is 2.12. The molecular formula is C14H18BrN5O. The number of nitrogen functional groups attached to an aromatic ring is 1. The molecule has 1 heterocycles. The molecule has 1 fully saturated rings. The summed E-state index contributed by atoms with van der Waals surface area (Å²) in [5.74, 6) is 1.52. The number of nitrogens with two attached hydrogens (primary N) is 1. The minimum Gasteiger partial charge on any atom is -0.398 e. The Morgan fingerprint density at radius 1 is 1.38 bits per heavy atom. The number of rotatable bonds is 7. The Bertz CT molecular complexity index is 611. The number of tetrazole rings is 1. The summed E-state index contributed by atoms with van der Waals surface area (Å²) in [6.07, 6.45) is 3.53. The van der Waals surface area contributed by atoms with E-state index in [1.807, 2.05) is 18.2 Å². The van der Waals surface area contributed by atoms with E-state index in [9.17, 15) is 0 Å². The SMILES string of the molecule is Nc1cccc(-c2nnnn2CCCOCC2CC2)c1Br. The largest absolute Gasteiger partial charge is 0.398 e. The molecule has 0 unspecified atom stereocenters. The quantitative estimate of drug-likeness (QED) is 0.612. The first-order valence-electron chi connectivity index (χ1n) is 7.14. The Labute approximate surface area is 131 Å². The number of nitrogens with zero attached hydrogens (tertiary/aromatic N) is 4. The Balaban J connectivity index is 1.61. The number of aromatic nitrogens is 4. The lowest BCUT2D eigenvalue weighted by molar-refractivity contribution is 0.118. The third kappa shape index (κ3) is 3.59. The van der Waals surface area contributed by atoms with Crippen LogP contribution in [-0.4, -0.2) is 33.4 Å². The normalized spacial score (nSPS) is 14.5. The van der Waals surface area contributed by atoms with Crippen LogP contribution in [0.4, 0.5) is 5.69 Å². The highest BCUT2D eigenvalue weighted by Crippen LogP contribution is 2.31. The van der Waals surface area contributed by atoms with E-state index in [2.05, 4.69) is 31.5 Å². The fourth-order valence-corrected chi connectivity index (χ4v) is 2.56. The van der Waals surface area contributed by atoms with Crippen molar-refractivity contribution in [2.45, 2.75) is 25.8 Å². The van der Waals surface area contributed by atoms with Gasteiger partial charge in [-0.25, -0.2) is 4.68 Å². The first-order chi connectivity index (χ1) is 10.3. The second-order valence-electron chi connectivity index (χ2n) is 5.31. The Hall–Kier alpha value is -1.47. The summed E-state index contributed by atoms with van der Waals surface area (Å²) in [5.41, 5.74) is 7.48. The van der Waals surface area contributed by atoms with Gasteiger partial charge in [-0.3, -0.25) is 0 Å². The van der Waals surface area contributed by atoms with Gasteiger partial charge in [-0.2, -0.15) is 0 Å². The Morgan fingerprint density at radius 2 is 2.24 bits per heavy atom. The number of aryl methyl sites for hydroxylation is 1. The van der Waals surface area contributed by atoms with Crippen molar-refractivity contribution in [3.63, 3.8) is 0 Å². The summed E-state index contributed by atoms with van der Waals surface area (Å²) in [7, 11) is 0. The van der Waals surface area contributed by atoms with E-state index in [0.717, 1.165) is 48.0 Å². The molecule has 0 saturated heterocycles. The summed E-state index contributed by atoms with van der Waals surface area (Å²) in [5, 5.41) is 11.9. The molecule has 21 heavy (non-hydrogen) atoms. The molecule has 112 valence electrons. The Morgan fingerprint density at radius 3 is 3.05 bits per heavy atom. The van der Waals surface area contributed by atoms with Crippen molar-refractivity contribution in [2.24, 2.45) is 5.92 Å². The van der Waals surface area contributed by atoms with Crippen LogP contribution in [0.2, 0.25) is 0 Å². The number of anilines is 1. The third-order valence-electron chi connectivity index (χ3n) is 3.51. The summed E-state index contributed by atoms with van der Waals surface area (Å²) in [6, 6.07) is 5.69. The van der Waals surface area contributed by atoms with E-state index in [4.69, 9.17) is 10.5 Å². The van der Waals surface area contributed by atoms with Gasteiger partial charge in [-0.15, -0.1) is 5.10 Å². The van der Waals surface area contributed by atoms with E-state index >= 15 is 0 Å². The van der Waals surface area contributed by atoms with Gasteiger partial charge in [0.25, 0.3) is 0 Å². The van der Waals surface area contributed by atoms with Crippen molar-refractivity contribution < 1.29 is 4.74 Å². The van der Waals surface area contributed by atoms with Crippen molar-refractivity contribution in [3.05, 3.63) is 22.7 Å². The summed E-state index contributed by atoms with van der Waals surface area (Å²) < 4.78 is 8.25. The molecule has 1 aliphatic carbocycles. The van der Waals surface area contributed by atoms with Crippen LogP contribution in [-0.2, 0) is 11.3 Å². The highest BCUT2D eigenvalue weighted by molar-refractivity contribution is 9.10. The van der Waals surface area contributed by atoms with Crippen molar-refractivity contribution in [1.29, 1.82) is 0 Å². The standard InChI is InChI=1S/C14H18BrN5O/c15-13-11(3-1-4-12(13)16)14-17-18-19-20(14)7-2-8-21-9-10-5-6-10/h1,3-4,10H,2,5-9,16H2. The lowest BCUT2D eigenvalue weighted by Gasteiger charge is -2.08. The van der Waals surface area contributed by atoms with Crippen LogP contribution in [0.25, 0.3) is 11.4 Å². The molecule has 1 aromatic heterocycles. The minimum atomic E-state index is 0.676. The Kier molecular flexibility index (Phi) is 4.50. The third-order valence-corrected chi connectivity index (χ3v) is 4.40. The van der Waals surface area contributed by atoms with Crippen LogP contribution >= 0.6 is 15.9 Å². The van der Waals surface area contributed by atoms with Gasteiger partial charge < -0.3 is 10.5 Å². The van der Waals surface area contributed by atoms with Gasteiger partial charge >= 0.3 is 0 Å². The molecular weight excluding hydrogens is 334 g/mol. The molecule has 1 saturated carbocycles. The highest BCUT2D eigenvalue weighted by atomic mass is 79.9. The molecule has 2 aromatic rings. The highest BCUT2D eigenvalue weighted by Gasteiger charge is 2.21. The average molecular weight is 352 g/mol. The number of halogens is 1. The molecule has 6 nitrogen and oxygen atoms in total. The van der Waals surface area contributed by atoms with Crippen LogP contribution in [0.1, 0.15) is 19.3 Å². The molecule has 0 radical (unpaired) electrons. The summed E-state index contributed by atoms with van der Waals surface area (Å²) >= 11 is 3.49. The van der Waals surface area contributed by atoms with Gasteiger partial charge in [-0.1, -0.05) is 6.07 Å². The van der Waals surface area contributed by atoms with Crippen molar-refractivity contribution in [2.75, 3.05) is 18.9 Å². The van der Waals surface area contributed by atoms with Crippen LogP contribution in [0.5, 0.6) is 0 Å². The van der Waals surface area contributed by atoms with Crippen LogP contribution in [0.15, 0.2) is 22.7 Å². The molecule has 1 aromatic carbocycles. The lowest BCUT2D eigenvalue weighted by atomic mass is 10.2. The maximum Gasteiger partial charge on any atom is 0.183 e. The summed E-state index contributed by atoms with van der Waals surface area (Å²) in [4.78, 5) is 0. The zero-order valence-electron chi connectivity index (χ0n) is 11.7. The minimum absolute atomic E-state index is 0.676. The number of ether oxygens (including phenoxy) is 1. The first-order valence-corrected chi connectivity index (χ1v) is 7.93. The molecule has 0 atom stereocenters. The predicted octanol–water partition coefficient (Wildman–Crippen LogP) is 2.50. The maximum absolute atomic E-state index is 5.91. The maximum atomic E-state index is 5.91. The molecule has 7 heteroatoms. The molecule has 0 spiro atoms. The molecule has 3 rings (SSSR count). The first kappa shape index (κ1) is 14.5. The molecule has 0 aliphatic heterocycles. The molecule has 1 aliphatic rings. The second-order valence-corrected chi connectivity index (χ2v) is 6.10. The second kappa shape index (κ2) is 6.53. The number of hydrogen-bond acceptors (Lipinski definition) is 5. The van der Waals surface area contributed by atoms with Crippen molar-refractivity contribution in [1.82, 2.24) is 20.2 Å². The molecule has 0 amide bonds. The summed E-state index contributed by atoms with van der Waals surface area (Å²) in [6.45, 7) is 2.37. The van der Waals surface area contributed by atoms with Gasteiger partial charge in [0.05, 0.1) is 4.47 Å². The van der Waals surface area contributed by atoms with E-state index in [0.29, 0.717) is 5.69 Å². The zero-order chi connectivity index (χ0) is 14.7. The van der Waals surface area contributed by atoms with Crippen LogP contribution in [0.3, 0.4) is 0 Å². The van der Waals surface area contributed by atoms with E-state index in [1.165, 1.54) is 12.8 Å². The van der Waals surface area contributed by atoms with Crippen LogP contribution < -0.4 is 5.73 Å². The number of hydrogen-bond donors (Lipinski definition) is 1. The molecule has 0 bridgehead atoms. The zero-order valence-corrected chi connectivity index (χ0v) is 13.3. The topological polar surface area (TPSA) is 78.9 Å². The average Bonchev–Trinajstić information content (AvgIpc) is 3.19. The van der Waals surface area contributed by atoms with E-state index in [1.54, 1.807) is 4.68 Å². The monoisotopic (exact) mass is 351 g/mol. The number of benzene rings is 1.